The van der Waals surface area contributed by atoms with Crippen molar-refractivity contribution in [2.75, 3.05) is 20.1 Å². The van der Waals surface area contributed by atoms with Crippen molar-refractivity contribution >= 4 is 6.03 Å². The van der Waals surface area contributed by atoms with E-state index >= 15 is 0 Å². The second-order valence-electron chi connectivity index (χ2n) is 4.46. The molecule has 0 aromatic heterocycles. The molecule has 1 heterocycles. The van der Waals surface area contributed by atoms with Gasteiger partial charge in [0.05, 0.1) is 0 Å². The van der Waals surface area contributed by atoms with Gasteiger partial charge in [-0.15, -0.1) is 0 Å². The molecule has 2 amide bonds. The van der Waals surface area contributed by atoms with Crippen LogP contribution in [0.15, 0.2) is 0 Å². The Bertz CT molecular complexity index is 213. The summed E-state index contributed by atoms with van der Waals surface area (Å²) in [5, 5.41) is 0. The van der Waals surface area contributed by atoms with Gasteiger partial charge in [-0.3, -0.25) is 0 Å². The molecule has 0 aromatic carbocycles. The van der Waals surface area contributed by atoms with Crippen LogP contribution in [0.2, 0.25) is 0 Å². The van der Waals surface area contributed by atoms with Crippen molar-refractivity contribution in [3.05, 3.63) is 0 Å². The lowest BCUT2D eigenvalue weighted by molar-refractivity contribution is 0.169. The first-order chi connectivity index (χ1) is 6.18. The Morgan fingerprint density at radius 2 is 2.08 bits per heavy atom. The summed E-state index contributed by atoms with van der Waals surface area (Å²) in [6.07, 6.45) is 3.57. The molecule has 0 spiro atoms. The summed E-state index contributed by atoms with van der Waals surface area (Å²) in [5.74, 6) is 0.691. The van der Waals surface area contributed by atoms with E-state index < -0.39 is 0 Å². The highest BCUT2D eigenvalue weighted by atomic mass is 16.2. The predicted molar refractivity (Wildman–Crippen MR) is 51.5 cm³/mol. The Balaban J connectivity index is 1.88. The van der Waals surface area contributed by atoms with Crippen molar-refractivity contribution in [2.24, 2.45) is 5.92 Å². The number of carbonyl (C=O) groups excluding carboxylic acids is 1. The van der Waals surface area contributed by atoms with E-state index in [4.69, 9.17) is 0 Å². The standard InChI is InChI=1S/C10H18N2O/c1-8-5-6-12(7-8)10(13)11(2)9-3-4-9/h8-9H,3-7H2,1-2H3. The molecule has 2 fully saturated rings. The zero-order valence-corrected chi connectivity index (χ0v) is 8.49. The topological polar surface area (TPSA) is 23.6 Å². The van der Waals surface area contributed by atoms with E-state index in [1.807, 2.05) is 16.8 Å². The summed E-state index contributed by atoms with van der Waals surface area (Å²) >= 11 is 0. The minimum absolute atomic E-state index is 0.242. The van der Waals surface area contributed by atoms with Gasteiger partial charge in [0.2, 0.25) is 0 Å². The summed E-state index contributed by atoms with van der Waals surface area (Å²) in [4.78, 5) is 15.7. The first kappa shape index (κ1) is 8.85. The molecule has 1 aliphatic carbocycles. The molecule has 3 heteroatoms. The minimum Gasteiger partial charge on any atom is -0.325 e. The first-order valence-corrected chi connectivity index (χ1v) is 5.20. The van der Waals surface area contributed by atoms with Gasteiger partial charge in [0.25, 0.3) is 0 Å². The van der Waals surface area contributed by atoms with Crippen LogP contribution in [0.1, 0.15) is 26.2 Å². The van der Waals surface area contributed by atoms with Crippen LogP contribution >= 0.6 is 0 Å². The Kier molecular flexibility index (Phi) is 2.18. The van der Waals surface area contributed by atoms with E-state index in [-0.39, 0.29) is 6.03 Å². The lowest BCUT2D eigenvalue weighted by Gasteiger charge is -2.24. The van der Waals surface area contributed by atoms with E-state index in [0.717, 1.165) is 13.1 Å². The molecule has 74 valence electrons. The molecule has 1 unspecified atom stereocenters. The fraction of sp³-hybridized carbons (Fsp3) is 0.900. The molecule has 1 atom stereocenters. The molecular formula is C10H18N2O. The Morgan fingerprint density at radius 3 is 2.54 bits per heavy atom. The molecule has 3 nitrogen and oxygen atoms in total. The van der Waals surface area contributed by atoms with Crippen molar-refractivity contribution in [3.8, 4) is 0 Å². The number of carbonyl (C=O) groups is 1. The van der Waals surface area contributed by atoms with Gasteiger partial charge in [-0.2, -0.15) is 0 Å². The van der Waals surface area contributed by atoms with Gasteiger partial charge in [0.1, 0.15) is 0 Å². The van der Waals surface area contributed by atoms with Crippen LogP contribution in [-0.4, -0.2) is 42.0 Å². The average Bonchev–Trinajstić information content (AvgIpc) is 2.87. The van der Waals surface area contributed by atoms with E-state index in [9.17, 15) is 4.79 Å². The third kappa shape index (κ3) is 1.79. The number of hydrogen-bond acceptors (Lipinski definition) is 1. The number of likely N-dealkylation sites (tertiary alicyclic amines) is 1. The Labute approximate surface area is 79.7 Å². The molecular weight excluding hydrogens is 164 g/mol. The van der Waals surface area contributed by atoms with Gasteiger partial charge in [-0.1, -0.05) is 6.92 Å². The van der Waals surface area contributed by atoms with Crippen LogP contribution in [-0.2, 0) is 0 Å². The quantitative estimate of drug-likeness (QED) is 0.603. The molecule has 2 aliphatic rings. The number of rotatable bonds is 1. The third-order valence-corrected chi connectivity index (χ3v) is 3.09. The SMILES string of the molecule is CC1CCN(C(=O)N(C)C2CC2)C1. The molecule has 0 aromatic rings. The lowest BCUT2D eigenvalue weighted by Crippen LogP contribution is -2.40. The zero-order valence-electron chi connectivity index (χ0n) is 8.49. The van der Waals surface area contributed by atoms with Gasteiger partial charge in [-0.25, -0.2) is 4.79 Å². The second-order valence-corrected chi connectivity index (χ2v) is 4.46. The maximum absolute atomic E-state index is 11.8. The van der Waals surface area contributed by atoms with Gasteiger partial charge < -0.3 is 9.80 Å². The van der Waals surface area contributed by atoms with E-state index in [1.54, 1.807) is 0 Å². The molecule has 1 aliphatic heterocycles. The van der Waals surface area contributed by atoms with Crippen molar-refractivity contribution in [1.82, 2.24) is 9.80 Å². The number of hydrogen-bond donors (Lipinski definition) is 0. The van der Waals surface area contributed by atoms with Crippen LogP contribution in [0.3, 0.4) is 0 Å². The zero-order chi connectivity index (χ0) is 9.42. The van der Waals surface area contributed by atoms with Crippen LogP contribution in [0.25, 0.3) is 0 Å². The van der Waals surface area contributed by atoms with Crippen molar-refractivity contribution < 1.29 is 4.79 Å². The Morgan fingerprint density at radius 1 is 1.38 bits per heavy atom. The van der Waals surface area contributed by atoms with Gasteiger partial charge in [-0.05, 0) is 25.2 Å². The van der Waals surface area contributed by atoms with Crippen molar-refractivity contribution in [2.45, 2.75) is 32.2 Å². The van der Waals surface area contributed by atoms with Crippen LogP contribution in [0, 0.1) is 5.92 Å². The number of urea groups is 1. The third-order valence-electron chi connectivity index (χ3n) is 3.09. The first-order valence-electron chi connectivity index (χ1n) is 5.20. The highest BCUT2D eigenvalue weighted by molar-refractivity contribution is 5.75. The summed E-state index contributed by atoms with van der Waals surface area (Å²) in [6.45, 7) is 4.12. The molecule has 13 heavy (non-hydrogen) atoms. The molecule has 0 radical (unpaired) electrons. The average molecular weight is 182 g/mol. The number of amides is 2. The molecule has 0 N–H and O–H groups in total. The molecule has 0 bridgehead atoms. The molecule has 1 saturated carbocycles. The van der Waals surface area contributed by atoms with Gasteiger partial charge >= 0.3 is 6.03 Å². The second kappa shape index (κ2) is 3.20. The van der Waals surface area contributed by atoms with Crippen LogP contribution in [0.5, 0.6) is 0 Å². The van der Waals surface area contributed by atoms with Crippen LogP contribution < -0.4 is 0 Å². The van der Waals surface area contributed by atoms with Crippen molar-refractivity contribution in [3.63, 3.8) is 0 Å². The number of nitrogens with zero attached hydrogens (tertiary/aromatic N) is 2. The van der Waals surface area contributed by atoms with E-state index in [0.29, 0.717) is 12.0 Å². The van der Waals surface area contributed by atoms with Gasteiger partial charge in [0, 0.05) is 26.2 Å². The maximum atomic E-state index is 11.8. The van der Waals surface area contributed by atoms with Gasteiger partial charge in [0.15, 0.2) is 0 Å². The smallest absolute Gasteiger partial charge is 0.319 e. The largest absolute Gasteiger partial charge is 0.325 e. The summed E-state index contributed by atoms with van der Waals surface area (Å²) in [7, 11) is 1.93. The van der Waals surface area contributed by atoms with Crippen molar-refractivity contribution in [1.29, 1.82) is 0 Å². The molecule has 1 saturated heterocycles. The fourth-order valence-corrected chi connectivity index (χ4v) is 1.95. The van der Waals surface area contributed by atoms with Crippen LogP contribution in [0.4, 0.5) is 4.79 Å². The highest BCUT2D eigenvalue weighted by Crippen LogP contribution is 2.27. The maximum Gasteiger partial charge on any atom is 0.319 e. The minimum atomic E-state index is 0.242. The summed E-state index contributed by atoms with van der Waals surface area (Å²) in [5.41, 5.74) is 0. The summed E-state index contributed by atoms with van der Waals surface area (Å²) in [6, 6.07) is 0.787. The lowest BCUT2D eigenvalue weighted by atomic mass is 10.2. The summed E-state index contributed by atoms with van der Waals surface area (Å²) < 4.78 is 0. The highest BCUT2D eigenvalue weighted by Gasteiger charge is 2.33. The Hall–Kier alpha value is -0.730. The monoisotopic (exact) mass is 182 g/mol. The van der Waals surface area contributed by atoms with E-state index in [2.05, 4.69) is 6.92 Å². The normalized spacial score (nSPS) is 27.8. The fourth-order valence-electron chi connectivity index (χ4n) is 1.95. The van der Waals surface area contributed by atoms with E-state index in [1.165, 1.54) is 19.3 Å². The predicted octanol–water partition coefficient (Wildman–Crippen LogP) is 1.54. The molecule has 2 rings (SSSR count).